The van der Waals surface area contributed by atoms with Crippen molar-refractivity contribution in [3.63, 3.8) is 0 Å². The standard InChI is InChI=1S/C29H22ClFN2O3/c1-28(2)15-29(3,17-5-7-18(30)8-6-17)22-14-19(31)13-21-25(27(35)33(28)26(21)22)32-20-9-10-23-16(12-20)4-11-24(34)36-23/h4-14H,15H2,1-3H3. The number of fused-ring (bicyclic) bond motifs is 1. The van der Waals surface area contributed by atoms with Gasteiger partial charge in [-0.05, 0) is 79.9 Å². The molecule has 4 aromatic rings. The Morgan fingerprint density at radius 2 is 1.72 bits per heavy atom. The second-order valence-corrected chi connectivity index (χ2v) is 10.7. The molecular formula is C29H22ClFN2O3. The fourth-order valence-electron chi connectivity index (χ4n) is 5.82. The summed E-state index contributed by atoms with van der Waals surface area (Å²) in [6, 6.07) is 18.6. The van der Waals surface area contributed by atoms with Crippen molar-refractivity contribution in [3.05, 3.63) is 105 Å². The first-order valence-electron chi connectivity index (χ1n) is 11.6. The molecule has 1 amide bonds. The van der Waals surface area contributed by atoms with Gasteiger partial charge in [0.25, 0.3) is 5.91 Å². The van der Waals surface area contributed by atoms with Crippen LogP contribution in [0.1, 0.15) is 43.9 Å². The molecule has 1 unspecified atom stereocenters. The molecule has 2 aliphatic heterocycles. The third-order valence-electron chi connectivity index (χ3n) is 7.27. The molecule has 7 heteroatoms. The van der Waals surface area contributed by atoms with Crippen molar-refractivity contribution in [1.82, 2.24) is 0 Å². The summed E-state index contributed by atoms with van der Waals surface area (Å²) in [5.74, 6) is -0.689. The molecule has 6 rings (SSSR count). The number of amides is 1. The predicted molar refractivity (Wildman–Crippen MR) is 139 cm³/mol. The number of carbonyl (C=O) groups is 1. The van der Waals surface area contributed by atoms with Crippen molar-refractivity contribution in [3.8, 4) is 0 Å². The van der Waals surface area contributed by atoms with E-state index in [-0.39, 0.29) is 11.6 Å². The highest BCUT2D eigenvalue weighted by molar-refractivity contribution is 6.55. The number of rotatable bonds is 2. The number of benzene rings is 3. The highest BCUT2D eigenvalue weighted by Crippen LogP contribution is 2.54. The lowest BCUT2D eigenvalue weighted by Crippen LogP contribution is -2.54. The molecule has 0 saturated carbocycles. The van der Waals surface area contributed by atoms with E-state index in [1.165, 1.54) is 18.2 Å². The number of anilines is 1. The van der Waals surface area contributed by atoms with Crippen molar-refractivity contribution >= 4 is 45.6 Å². The average molecular weight is 501 g/mol. The first-order valence-corrected chi connectivity index (χ1v) is 12.0. The zero-order valence-electron chi connectivity index (χ0n) is 19.9. The van der Waals surface area contributed by atoms with Crippen LogP contribution in [-0.2, 0) is 10.2 Å². The molecule has 180 valence electrons. The van der Waals surface area contributed by atoms with E-state index in [0.717, 1.165) is 11.1 Å². The summed E-state index contributed by atoms with van der Waals surface area (Å²) in [5.41, 5.74) is 2.50. The molecule has 1 atom stereocenters. The minimum absolute atomic E-state index is 0.191. The number of aliphatic imine (C=N–C) groups is 1. The Labute approximate surface area is 211 Å². The predicted octanol–water partition coefficient (Wildman–Crippen LogP) is 6.54. The van der Waals surface area contributed by atoms with E-state index in [1.807, 2.05) is 38.1 Å². The van der Waals surface area contributed by atoms with Crippen LogP contribution in [0.15, 0.2) is 80.9 Å². The monoisotopic (exact) mass is 500 g/mol. The Morgan fingerprint density at radius 3 is 2.47 bits per heavy atom. The molecule has 1 aromatic heterocycles. The van der Waals surface area contributed by atoms with Crippen molar-refractivity contribution in [2.45, 2.75) is 38.1 Å². The van der Waals surface area contributed by atoms with Crippen molar-refractivity contribution < 1.29 is 13.6 Å². The zero-order chi connectivity index (χ0) is 25.4. The largest absolute Gasteiger partial charge is 0.423 e. The van der Waals surface area contributed by atoms with Gasteiger partial charge < -0.3 is 9.32 Å². The number of halogens is 2. The Kier molecular flexibility index (Phi) is 4.80. The Balaban J connectivity index is 1.57. The van der Waals surface area contributed by atoms with Crippen molar-refractivity contribution in [2.24, 2.45) is 4.99 Å². The SMILES string of the molecule is CC1(c2ccc(Cl)cc2)CC(C)(C)N2C(=O)C(=Nc3ccc4oc(=O)ccc4c3)c3cc(F)cc1c32. The van der Waals surface area contributed by atoms with Gasteiger partial charge in [0, 0.05) is 33.0 Å². The van der Waals surface area contributed by atoms with Crippen LogP contribution in [0.25, 0.3) is 11.0 Å². The van der Waals surface area contributed by atoms with E-state index in [1.54, 1.807) is 29.2 Å². The Bertz CT molecular complexity index is 1670. The van der Waals surface area contributed by atoms with Crippen LogP contribution >= 0.6 is 11.6 Å². The lowest BCUT2D eigenvalue weighted by Gasteiger charge is -2.49. The smallest absolute Gasteiger partial charge is 0.336 e. The summed E-state index contributed by atoms with van der Waals surface area (Å²) in [6.07, 6.45) is 0.589. The van der Waals surface area contributed by atoms with Gasteiger partial charge in [-0.15, -0.1) is 0 Å². The molecule has 0 bridgehead atoms. The average Bonchev–Trinajstić information content (AvgIpc) is 3.10. The van der Waals surface area contributed by atoms with Crippen LogP contribution in [0.3, 0.4) is 0 Å². The van der Waals surface area contributed by atoms with Crippen LogP contribution in [0.2, 0.25) is 5.02 Å². The molecule has 0 radical (unpaired) electrons. The lowest BCUT2D eigenvalue weighted by atomic mass is 9.65. The van der Waals surface area contributed by atoms with E-state index in [0.29, 0.717) is 39.4 Å². The van der Waals surface area contributed by atoms with Crippen LogP contribution in [0.4, 0.5) is 15.8 Å². The molecule has 3 aromatic carbocycles. The fourth-order valence-corrected chi connectivity index (χ4v) is 5.95. The maximum Gasteiger partial charge on any atom is 0.336 e. The van der Waals surface area contributed by atoms with E-state index < -0.39 is 22.4 Å². The van der Waals surface area contributed by atoms with Gasteiger partial charge in [-0.1, -0.05) is 30.7 Å². The van der Waals surface area contributed by atoms with Gasteiger partial charge in [0.15, 0.2) is 0 Å². The minimum atomic E-state index is -0.560. The van der Waals surface area contributed by atoms with Gasteiger partial charge in [-0.25, -0.2) is 14.2 Å². The Morgan fingerprint density at radius 1 is 0.972 bits per heavy atom. The Hall–Kier alpha value is -3.77. The van der Waals surface area contributed by atoms with Gasteiger partial charge in [0.05, 0.1) is 11.4 Å². The van der Waals surface area contributed by atoms with E-state index in [2.05, 4.69) is 11.9 Å². The summed E-state index contributed by atoms with van der Waals surface area (Å²) in [7, 11) is 0. The maximum atomic E-state index is 15.1. The zero-order valence-corrected chi connectivity index (χ0v) is 20.7. The van der Waals surface area contributed by atoms with Gasteiger partial charge in [-0.3, -0.25) is 4.79 Å². The van der Waals surface area contributed by atoms with Crippen molar-refractivity contribution in [1.29, 1.82) is 0 Å². The van der Waals surface area contributed by atoms with Gasteiger partial charge >= 0.3 is 5.63 Å². The molecule has 0 fully saturated rings. The third kappa shape index (κ3) is 3.32. The van der Waals surface area contributed by atoms with Gasteiger partial charge in [-0.2, -0.15) is 0 Å². The molecule has 0 saturated heterocycles. The molecule has 5 nitrogen and oxygen atoms in total. The van der Waals surface area contributed by atoms with Crippen molar-refractivity contribution in [2.75, 3.05) is 4.90 Å². The first kappa shape index (κ1) is 22.7. The fraction of sp³-hybridized carbons (Fsp3) is 0.207. The summed E-state index contributed by atoms with van der Waals surface area (Å²) < 4.78 is 20.3. The van der Waals surface area contributed by atoms with Gasteiger partial charge in [0.2, 0.25) is 0 Å². The highest BCUT2D eigenvalue weighted by atomic mass is 35.5. The maximum absolute atomic E-state index is 15.1. The minimum Gasteiger partial charge on any atom is -0.423 e. The van der Waals surface area contributed by atoms with Crippen LogP contribution in [-0.4, -0.2) is 17.2 Å². The molecule has 3 heterocycles. The van der Waals surface area contributed by atoms with Crippen LogP contribution in [0.5, 0.6) is 0 Å². The van der Waals surface area contributed by atoms with Crippen LogP contribution < -0.4 is 10.5 Å². The van der Waals surface area contributed by atoms with E-state index >= 15 is 4.39 Å². The third-order valence-corrected chi connectivity index (χ3v) is 7.52. The summed E-state index contributed by atoms with van der Waals surface area (Å²) >= 11 is 6.15. The number of hydrogen-bond acceptors (Lipinski definition) is 4. The summed E-state index contributed by atoms with van der Waals surface area (Å²) in [6.45, 7) is 6.13. The lowest BCUT2D eigenvalue weighted by molar-refractivity contribution is -0.113. The number of hydrogen-bond donors (Lipinski definition) is 0. The normalized spacial score (nSPS) is 21.3. The van der Waals surface area contributed by atoms with E-state index in [4.69, 9.17) is 16.0 Å². The molecule has 0 N–H and O–H groups in total. The summed E-state index contributed by atoms with van der Waals surface area (Å²) in [5, 5.41) is 1.31. The molecular weight excluding hydrogens is 479 g/mol. The number of nitrogens with zero attached hydrogens (tertiary/aromatic N) is 2. The first-order chi connectivity index (χ1) is 17.1. The topological polar surface area (TPSA) is 62.9 Å². The molecule has 0 aliphatic carbocycles. The highest BCUT2D eigenvalue weighted by Gasteiger charge is 2.53. The number of carbonyl (C=O) groups excluding carboxylic acids is 1. The molecule has 36 heavy (non-hydrogen) atoms. The summed E-state index contributed by atoms with van der Waals surface area (Å²) in [4.78, 5) is 31.8. The molecule has 2 aliphatic rings. The molecule has 0 spiro atoms. The quantitative estimate of drug-likeness (QED) is 0.293. The second kappa shape index (κ2) is 7.61. The van der Waals surface area contributed by atoms with Crippen LogP contribution in [0, 0.1) is 5.82 Å². The second-order valence-electron chi connectivity index (χ2n) is 10.3. The van der Waals surface area contributed by atoms with Gasteiger partial charge in [0.1, 0.15) is 17.1 Å². The van der Waals surface area contributed by atoms with E-state index in [9.17, 15) is 9.59 Å².